The molecule has 0 aliphatic heterocycles. The molecule has 0 aromatic heterocycles. The smallest absolute Gasteiger partial charge is 0.407 e. The summed E-state index contributed by atoms with van der Waals surface area (Å²) in [4.78, 5) is 22.1. The van der Waals surface area contributed by atoms with Gasteiger partial charge < -0.3 is 25.6 Å². The molecule has 0 radical (unpaired) electrons. The Labute approximate surface area is 188 Å². The van der Waals surface area contributed by atoms with E-state index in [-0.39, 0.29) is 5.92 Å². The van der Waals surface area contributed by atoms with Crippen molar-refractivity contribution in [2.75, 3.05) is 0 Å². The normalized spacial score (nSPS) is 20.4. The van der Waals surface area contributed by atoms with Gasteiger partial charge in [-0.3, -0.25) is 4.79 Å². The third-order valence-electron chi connectivity index (χ3n) is 5.88. The van der Waals surface area contributed by atoms with Crippen molar-refractivity contribution in [1.82, 2.24) is 10.6 Å². The van der Waals surface area contributed by atoms with Crippen LogP contribution in [-0.2, 0) is 9.53 Å². The average Bonchev–Trinajstić information content (AvgIpc) is 2.66. The molecule has 0 aromatic rings. The van der Waals surface area contributed by atoms with Gasteiger partial charge in [0.05, 0.1) is 18.6 Å². The maximum Gasteiger partial charge on any atom is 0.407 e. The maximum absolute atomic E-state index is 11.6. The Morgan fingerprint density at radius 3 is 1.74 bits per heavy atom. The quantitative estimate of drug-likeness (QED) is 0.458. The van der Waals surface area contributed by atoms with Crippen LogP contribution in [0.3, 0.4) is 0 Å². The van der Waals surface area contributed by atoms with Gasteiger partial charge in [-0.15, -0.1) is 0 Å². The van der Waals surface area contributed by atoms with Crippen LogP contribution in [-0.4, -0.2) is 52.1 Å². The minimum atomic E-state index is -1.14. The first-order valence-electron chi connectivity index (χ1n) is 12.1. The molecule has 2 aliphatic rings. The fourth-order valence-corrected chi connectivity index (χ4v) is 4.33. The summed E-state index contributed by atoms with van der Waals surface area (Å²) in [5.41, 5.74) is -0.636. The fourth-order valence-electron chi connectivity index (χ4n) is 4.33. The number of nitrogens with one attached hydrogen (secondary N) is 2. The molecule has 1 amide bonds. The second-order valence-electron chi connectivity index (χ2n) is 10.4. The van der Waals surface area contributed by atoms with Crippen molar-refractivity contribution in [3.8, 4) is 0 Å². The van der Waals surface area contributed by atoms with Crippen LogP contribution in [0.1, 0.15) is 105 Å². The first-order chi connectivity index (χ1) is 14.5. The molecule has 2 fully saturated rings. The first-order valence-corrected chi connectivity index (χ1v) is 12.1. The topological polar surface area (TPSA) is 108 Å². The van der Waals surface area contributed by atoms with Crippen LogP contribution in [0.15, 0.2) is 0 Å². The highest BCUT2D eigenvalue weighted by atomic mass is 16.6. The number of alkyl carbamates (subject to hydrolysis) is 1. The number of carbonyl (C=O) groups excluding carboxylic acids is 1. The number of carbonyl (C=O) groups is 2. The SMILES string of the molecule is C1CCC(NC2CCCCC2)CC1.CC(C)C(NC(=O)OC(C)(C)C)C(O)CC(=O)O. The summed E-state index contributed by atoms with van der Waals surface area (Å²) in [6.45, 7) is 8.75. The zero-order valence-electron chi connectivity index (χ0n) is 20.3. The number of ether oxygens (including phenoxy) is 1. The Balaban J connectivity index is 0.000000323. The summed E-state index contributed by atoms with van der Waals surface area (Å²) < 4.78 is 5.06. The van der Waals surface area contributed by atoms with Crippen LogP contribution in [0.25, 0.3) is 0 Å². The van der Waals surface area contributed by atoms with Gasteiger partial charge in [-0.1, -0.05) is 52.4 Å². The number of carboxylic acid groups (broad SMARTS) is 1. The Hall–Kier alpha value is -1.34. The van der Waals surface area contributed by atoms with Crippen LogP contribution < -0.4 is 10.6 Å². The van der Waals surface area contributed by atoms with E-state index < -0.39 is 36.2 Å². The molecule has 2 saturated carbocycles. The van der Waals surface area contributed by atoms with Gasteiger partial charge >= 0.3 is 12.1 Å². The Morgan fingerprint density at radius 2 is 1.39 bits per heavy atom. The second-order valence-corrected chi connectivity index (χ2v) is 10.4. The number of aliphatic carboxylic acids is 1. The predicted octanol–water partition coefficient (Wildman–Crippen LogP) is 4.61. The molecule has 0 saturated heterocycles. The molecule has 31 heavy (non-hydrogen) atoms. The van der Waals surface area contributed by atoms with Crippen LogP contribution in [0.2, 0.25) is 0 Å². The van der Waals surface area contributed by atoms with E-state index in [2.05, 4.69) is 10.6 Å². The molecule has 2 atom stereocenters. The average molecular weight is 443 g/mol. The standard InChI is InChI=1S/C12H23NO5.C12H23N/c1-7(2)10(8(14)6-9(15)16)13-11(17)18-12(3,4)5;1-3-7-11(8-4-1)13-12-9-5-2-6-10-12/h7-8,10,14H,6H2,1-5H3,(H,13,17)(H,15,16);11-13H,1-10H2. The van der Waals surface area contributed by atoms with Crippen molar-refractivity contribution in [2.24, 2.45) is 5.92 Å². The van der Waals surface area contributed by atoms with E-state index in [1.165, 1.54) is 64.2 Å². The van der Waals surface area contributed by atoms with Gasteiger partial charge in [-0.2, -0.15) is 0 Å². The van der Waals surface area contributed by atoms with Crippen molar-refractivity contribution < 1.29 is 24.5 Å². The number of aliphatic hydroxyl groups is 1. The highest BCUT2D eigenvalue weighted by Gasteiger charge is 2.28. The van der Waals surface area contributed by atoms with E-state index in [1.807, 2.05) is 0 Å². The second kappa shape index (κ2) is 13.9. The number of aliphatic hydroxyl groups excluding tert-OH is 1. The lowest BCUT2D eigenvalue weighted by molar-refractivity contribution is -0.139. The predicted molar refractivity (Wildman–Crippen MR) is 123 cm³/mol. The third-order valence-corrected chi connectivity index (χ3v) is 5.88. The molecule has 0 spiro atoms. The van der Waals surface area contributed by atoms with Crippen LogP contribution in [0, 0.1) is 5.92 Å². The minimum absolute atomic E-state index is 0.105. The van der Waals surface area contributed by atoms with Gasteiger partial charge in [-0.05, 0) is 52.4 Å². The van der Waals surface area contributed by atoms with Gasteiger partial charge in [0.15, 0.2) is 0 Å². The number of rotatable bonds is 7. The number of hydrogen-bond donors (Lipinski definition) is 4. The molecule has 182 valence electrons. The molecule has 2 aliphatic carbocycles. The van der Waals surface area contributed by atoms with Gasteiger partial charge in [0, 0.05) is 12.1 Å². The molecule has 2 unspecified atom stereocenters. The van der Waals surface area contributed by atoms with Gasteiger partial charge in [0.1, 0.15) is 5.60 Å². The summed E-state index contributed by atoms with van der Waals surface area (Å²) >= 11 is 0. The van der Waals surface area contributed by atoms with Crippen LogP contribution in [0.4, 0.5) is 4.79 Å². The molecule has 7 nitrogen and oxygen atoms in total. The number of carboxylic acids is 1. The minimum Gasteiger partial charge on any atom is -0.481 e. The largest absolute Gasteiger partial charge is 0.481 e. The van der Waals surface area contributed by atoms with Gasteiger partial charge in [0.25, 0.3) is 0 Å². The highest BCUT2D eigenvalue weighted by molar-refractivity contribution is 5.69. The molecular weight excluding hydrogens is 396 g/mol. The molecule has 4 N–H and O–H groups in total. The summed E-state index contributed by atoms with van der Waals surface area (Å²) in [7, 11) is 0. The summed E-state index contributed by atoms with van der Waals surface area (Å²) in [6.07, 6.45) is 12.3. The van der Waals surface area contributed by atoms with Crippen molar-refractivity contribution in [3.05, 3.63) is 0 Å². The van der Waals surface area contributed by atoms with Crippen molar-refractivity contribution in [3.63, 3.8) is 0 Å². The number of hydrogen-bond acceptors (Lipinski definition) is 5. The van der Waals surface area contributed by atoms with Crippen molar-refractivity contribution in [1.29, 1.82) is 0 Å². The third kappa shape index (κ3) is 13.0. The lowest BCUT2D eigenvalue weighted by atomic mass is 9.91. The Kier molecular flexibility index (Phi) is 12.5. The zero-order chi connectivity index (χ0) is 23.4. The van der Waals surface area contributed by atoms with Crippen molar-refractivity contribution >= 4 is 12.1 Å². The lowest BCUT2D eigenvalue weighted by Gasteiger charge is -2.30. The molecule has 7 heteroatoms. The molecule has 0 heterocycles. The van der Waals surface area contributed by atoms with Crippen molar-refractivity contribution in [2.45, 2.75) is 135 Å². The van der Waals surface area contributed by atoms with Crippen LogP contribution in [0.5, 0.6) is 0 Å². The number of amides is 1. The highest BCUT2D eigenvalue weighted by Crippen LogP contribution is 2.22. The van der Waals surface area contributed by atoms with E-state index in [0.29, 0.717) is 0 Å². The maximum atomic E-state index is 11.6. The first kappa shape index (κ1) is 27.7. The molecule has 0 bridgehead atoms. The zero-order valence-corrected chi connectivity index (χ0v) is 20.3. The van der Waals surface area contributed by atoms with E-state index >= 15 is 0 Å². The Bertz CT molecular complexity index is 505. The van der Waals surface area contributed by atoms with E-state index in [1.54, 1.807) is 34.6 Å². The fraction of sp³-hybridized carbons (Fsp3) is 0.917. The summed E-state index contributed by atoms with van der Waals surface area (Å²) in [5, 5.41) is 24.7. The summed E-state index contributed by atoms with van der Waals surface area (Å²) in [5.74, 6) is -1.22. The monoisotopic (exact) mass is 442 g/mol. The van der Waals surface area contributed by atoms with Crippen LogP contribution >= 0.6 is 0 Å². The van der Waals surface area contributed by atoms with Gasteiger partial charge in [-0.25, -0.2) is 4.79 Å². The molecule has 2 rings (SSSR count). The molecular formula is C24H46N2O5. The van der Waals surface area contributed by atoms with E-state index in [0.717, 1.165) is 12.1 Å². The lowest BCUT2D eigenvalue weighted by Crippen LogP contribution is -2.49. The van der Waals surface area contributed by atoms with E-state index in [9.17, 15) is 14.7 Å². The summed E-state index contributed by atoms with van der Waals surface area (Å²) in [6, 6.07) is 1.09. The Morgan fingerprint density at radius 1 is 0.935 bits per heavy atom. The molecule has 0 aromatic carbocycles. The van der Waals surface area contributed by atoms with Gasteiger partial charge in [0.2, 0.25) is 0 Å². The van der Waals surface area contributed by atoms with E-state index in [4.69, 9.17) is 9.84 Å².